The van der Waals surface area contributed by atoms with Crippen molar-refractivity contribution in [2.75, 3.05) is 32.6 Å². The number of nitrogens with one attached hydrogen (secondary N) is 1. The smallest absolute Gasteiger partial charge is 1.00 e. The summed E-state index contributed by atoms with van der Waals surface area (Å²) in [7, 11) is 3.34. The van der Waals surface area contributed by atoms with Gasteiger partial charge in [0.25, 0.3) is 0 Å². The molecule has 0 radical (unpaired) electrons. The Labute approximate surface area is 441 Å². The van der Waals surface area contributed by atoms with Crippen LogP contribution in [-0.2, 0) is 38.6 Å². The number of amides is 4. The zero-order valence-electron chi connectivity index (χ0n) is 42.9. The molecule has 2 aromatic carbocycles. The number of alkyl halides is 1. The molecule has 2 aromatic heterocycles. The number of H-pyrrole nitrogens is 1. The summed E-state index contributed by atoms with van der Waals surface area (Å²) in [6.45, 7) is 18.7. The maximum Gasteiger partial charge on any atom is 1.00 e. The molecule has 4 unspecified atom stereocenters. The molecular formula is C55H72BrN6NaO6. The molecule has 0 aliphatic carbocycles. The Balaban J connectivity index is 0.000000227. The molecule has 4 saturated heterocycles. The number of carbonyl (C=O) groups excluding carboxylic acids is 4. The van der Waals surface area contributed by atoms with Crippen LogP contribution < -0.4 is 39.0 Å². The quantitative estimate of drug-likeness (QED) is 0.117. The van der Waals surface area contributed by atoms with Crippen LogP contribution in [-0.4, -0.2) is 110 Å². The number of benzene rings is 2. The first kappa shape index (κ1) is 53.8. The summed E-state index contributed by atoms with van der Waals surface area (Å²) in [4.78, 5) is 64.9. The topological polar surface area (TPSA) is 120 Å². The number of piperazine rings is 2. The summed E-state index contributed by atoms with van der Waals surface area (Å²) in [6, 6.07) is 10.2. The zero-order valence-corrected chi connectivity index (χ0v) is 45.5. The molecule has 0 spiro atoms. The van der Waals surface area contributed by atoms with Gasteiger partial charge in [0, 0.05) is 77.6 Å². The number of rotatable bonds is 7. The minimum absolute atomic E-state index is 0. The van der Waals surface area contributed by atoms with Crippen LogP contribution in [0.25, 0.3) is 21.8 Å². The van der Waals surface area contributed by atoms with Gasteiger partial charge in [-0.05, 0) is 116 Å². The number of halogens is 1. The van der Waals surface area contributed by atoms with Crippen LogP contribution in [0.2, 0.25) is 0 Å². The summed E-state index contributed by atoms with van der Waals surface area (Å²) >= 11 is 3.27. The molecule has 1 N–H and O–H groups in total. The standard InChI is InChI=1S/C27H33N3O3.C22H25N3O3.C5H9Br.CH4.Na.H/c1-16(2)10-12-28-22-14-18(33-5)8-9-19(22)20-15-24-26(31)29-11-6-7-21(29)27(32)30(24)23(25(20)28)13-17(3)4;1-12(2)9-18-20-15(14-7-6-13(28-3)10-16(14)23-20)11-19-21(26)24-8-4-5-17(24)22(27)25(18)19;1-5(2)3-4-6;;;/h8-10,13-14,21,23-24H,6-7,11-12,15H2,1-5H3;6-7,9-10,17-19,23H,4-5,8,11H2,1-3H3;3H,4H2,1-2H3;1H4;;/q;;;;+1;-1/t21?,23-,24?;17?,18-,19?;;;;/m00..../s1. The molecule has 8 heterocycles. The monoisotopic (exact) mass is 1010 g/mol. The van der Waals surface area contributed by atoms with Gasteiger partial charge in [0.2, 0.25) is 23.6 Å². The van der Waals surface area contributed by atoms with Crippen molar-refractivity contribution in [2.24, 2.45) is 0 Å². The second kappa shape index (κ2) is 22.2. The number of ether oxygens (including phenoxy) is 2. The Bertz CT molecular complexity index is 2740. The van der Waals surface area contributed by atoms with E-state index in [-0.39, 0.29) is 86.2 Å². The van der Waals surface area contributed by atoms with Crippen molar-refractivity contribution in [3.63, 3.8) is 0 Å². The molecule has 10 rings (SSSR count). The molecular weight excluding hydrogens is 944 g/mol. The van der Waals surface area contributed by atoms with Crippen LogP contribution in [0.4, 0.5) is 0 Å². The maximum atomic E-state index is 13.7. The average molecular weight is 1020 g/mol. The number of aromatic amines is 1. The molecule has 69 heavy (non-hydrogen) atoms. The fourth-order valence-electron chi connectivity index (χ4n) is 11.1. The SMILES string of the molecule is C.CC(C)=CCBr.COc1ccc2c3c([nH]c2c1)[C@H](C=C(C)C)N1C(=O)C2CCCN2C(=O)C1C3.COc1ccc2c3c(n(CC=C(C)C)c2c1)[C@H](C=C(C)C)N1C(=O)C2CCCN2C(=O)C1C3.[H-].[Na+]. The van der Waals surface area contributed by atoms with Crippen molar-refractivity contribution in [3.8, 4) is 11.5 Å². The molecule has 0 bridgehead atoms. The van der Waals surface area contributed by atoms with Crippen LogP contribution in [0, 0.1) is 0 Å². The minimum atomic E-state index is -0.440. The second-order valence-corrected chi connectivity index (χ2v) is 20.3. The van der Waals surface area contributed by atoms with E-state index in [1.165, 1.54) is 16.7 Å². The van der Waals surface area contributed by atoms with E-state index < -0.39 is 12.1 Å². The molecule has 366 valence electrons. The van der Waals surface area contributed by atoms with E-state index in [1.54, 1.807) is 14.2 Å². The number of nitrogens with zero attached hydrogens (tertiary/aromatic N) is 5. The van der Waals surface area contributed by atoms with Crippen molar-refractivity contribution < 1.29 is 59.6 Å². The number of hydrogen-bond acceptors (Lipinski definition) is 6. The summed E-state index contributed by atoms with van der Waals surface area (Å²) in [5.41, 5.74) is 11.4. The van der Waals surface area contributed by atoms with Crippen LogP contribution in [0.15, 0.2) is 83.0 Å². The molecule has 6 atom stereocenters. The zero-order chi connectivity index (χ0) is 48.0. The Morgan fingerprint density at radius 2 is 1.17 bits per heavy atom. The van der Waals surface area contributed by atoms with Crippen LogP contribution >= 0.6 is 15.9 Å². The number of carbonyl (C=O) groups is 4. The third kappa shape index (κ3) is 10.2. The predicted octanol–water partition coefficient (Wildman–Crippen LogP) is 7.42. The van der Waals surface area contributed by atoms with E-state index in [0.29, 0.717) is 32.5 Å². The first-order valence-corrected chi connectivity index (χ1v) is 25.0. The van der Waals surface area contributed by atoms with Crippen molar-refractivity contribution in [1.82, 2.24) is 29.2 Å². The van der Waals surface area contributed by atoms with Gasteiger partial charge in [0.15, 0.2) is 0 Å². The minimum Gasteiger partial charge on any atom is -1.00 e. The summed E-state index contributed by atoms with van der Waals surface area (Å²) < 4.78 is 13.2. The van der Waals surface area contributed by atoms with E-state index >= 15 is 0 Å². The third-order valence-electron chi connectivity index (χ3n) is 14.1. The van der Waals surface area contributed by atoms with Gasteiger partial charge >= 0.3 is 29.6 Å². The van der Waals surface area contributed by atoms with Crippen molar-refractivity contribution in [1.29, 1.82) is 0 Å². The molecule has 6 aliphatic heterocycles. The molecule has 4 fully saturated rings. The van der Waals surface area contributed by atoms with Crippen LogP contribution in [0.5, 0.6) is 11.5 Å². The molecule has 0 saturated carbocycles. The number of methoxy groups -OCH3 is 2. The van der Waals surface area contributed by atoms with E-state index in [2.05, 4.69) is 103 Å². The average Bonchev–Trinajstić information content (AvgIpc) is 4.11. The maximum absolute atomic E-state index is 13.7. The number of aromatic nitrogens is 2. The van der Waals surface area contributed by atoms with Crippen LogP contribution in [0.3, 0.4) is 0 Å². The Morgan fingerprint density at radius 3 is 1.68 bits per heavy atom. The number of allylic oxidation sites excluding steroid dienone is 6. The Morgan fingerprint density at radius 1 is 0.667 bits per heavy atom. The number of fused-ring (bicyclic) bond motifs is 10. The molecule has 4 aromatic rings. The molecule has 12 nitrogen and oxygen atoms in total. The molecule has 4 amide bonds. The van der Waals surface area contributed by atoms with E-state index in [1.807, 2.05) is 57.7 Å². The summed E-state index contributed by atoms with van der Waals surface area (Å²) in [6.07, 6.45) is 13.1. The fourth-order valence-corrected chi connectivity index (χ4v) is 11.7. The van der Waals surface area contributed by atoms with Gasteiger partial charge in [-0.3, -0.25) is 19.2 Å². The fraction of sp³-hybridized carbons (Fsp3) is 0.491. The molecule has 6 aliphatic rings. The van der Waals surface area contributed by atoms with Gasteiger partial charge in [-0.1, -0.05) is 70.0 Å². The first-order valence-electron chi connectivity index (χ1n) is 23.8. The van der Waals surface area contributed by atoms with E-state index in [9.17, 15) is 19.2 Å². The van der Waals surface area contributed by atoms with Crippen molar-refractivity contribution in [2.45, 2.75) is 144 Å². The normalized spacial score (nSPS) is 22.7. The first-order chi connectivity index (χ1) is 32.1. The summed E-state index contributed by atoms with van der Waals surface area (Å²) in [5.74, 6) is 1.99. The predicted molar refractivity (Wildman–Crippen MR) is 276 cm³/mol. The Hall–Kier alpha value is -4.56. The Kier molecular flexibility index (Phi) is 17.3. The molecule has 14 heteroatoms. The van der Waals surface area contributed by atoms with E-state index in [4.69, 9.17) is 9.47 Å². The van der Waals surface area contributed by atoms with Gasteiger partial charge in [-0.15, -0.1) is 0 Å². The third-order valence-corrected chi connectivity index (χ3v) is 14.4. The van der Waals surface area contributed by atoms with Gasteiger partial charge in [-0.25, -0.2) is 0 Å². The summed E-state index contributed by atoms with van der Waals surface area (Å²) in [5, 5.41) is 3.23. The van der Waals surface area contributed by atoms with Gasteiger partial charge in [0.05, 0.1) is 31.8 Å². The van der Waals surface area contributed by atoms with Crippen molar-refractivity contribution in [3.05, 3.63) is 106 Å². The van der Waals surface area contributed by atoms with Crippen LogP contribution in [0.1, 0.15) is 125 Å². The largest absolute Gasteiger partial charge is 1.00 e. The van der Waals surface area contributed by atoms with Gasteiger partial charge in [-0.2, -0.15) is 0 Å². The van der Waals surface area contributed by atoms with Gasteiger partial charge in [0.1, 0.15) is 35.7 Å². The van der Waals surface area contributed by atoms with Gasteiger partial charge < -0.3 is 40.1 Å². The van der Waals surface area contributed by atoms with E-state index in [0.717, 1.165) is 92.4 Å². The number of hydrogen-bond donors (Lipinski definition) is 1. The second-order valence-electron chi connectivity index (χ2n) is 19.7. The van der Waals surface area contributed by atoms with Crippen molar-refractivity contribution >= 4 is 61.4 Å².